The molecule has 2 atom stereocenters. The lowest BCUT2D eigenvalue weighted by Gasteiger charge is -2.28. The van der Waals surface area contributed by atoms with Gasteiger partial charge in [0.05, 0.1) is 40.8 Å². The van der Waals surface area contributed by atoms with Crippen LogP contribution in [0.25, 0.3) is 0 Å². The molecule has 0 N–H and O–H groups in total. The number of nitrogens with zero attached hydrogens (tertiary/aromatic N) is 1. The van der Waals surface area contributed by atoms with Gasteiger partial charge in [-0.3, -0.25) is 9.36 Å². The second-order valence-corrected chi connectivity index (χ2v) is 17.8. The molecular weight excluding hydrogens is 782 g/mol. The van der Waals surface area contributed by atoms with Gasteiger partial charge in [-0.2, -0.15) is 0 Å². The van der Waals surface area contributed by atoms with E-state index in [2.05, 4.69) is 111 Å². The molecular formula is C52H88NO7P. The molecule has 0 radical (unpaired) electrons. The number of esters is 1. The molecule has 2 unspecified atom stereocenters. The third kappa shape index (κ3) is 48.1. The van der Waals surface area contributed by atoms with Gasteiger partial charge in [0.25, 0.3) is 7.82 Å². The summed E-state index contributed by atoms with van der Waals surface area (Å²) < 4.78 is 34.5. The Bertz CT molecular complexity index is 1340. The highest BCUT2D eigenvalue weighted by Gasteiger charge is 2.20. The number of ether oxygens (including phenoxy) is 2. The number of hydrogen-bond donors (Lipinski definition) is 0. The second kappa shape index (κ2) is 43.8. The number of hydrogen-bond acceptors (Lipinski definition) is 7. The number of carbonyl (C=O) groups excluding carboxylic acids is 1. The molecule has 0 amide bonds. The summed E-state index contributed by atoms with van der Waals surface area (Å²) in [6.07, 6.45) is 61.5. The first-order valence-electron chi connectivity index (χ1n) is 23.6. The van der Waals surface area contributed by atoms with Gasteiger partial charge in [-0.1, -0.05) is 181 Å². The molecule has 0 aliphatic heterocycles. The van der Waals surface area contributed by atoms with Crippen LogP contribution >= 0.6 is 7.82 Å². The lowest BCUT2D eigenvalue weighted by molar-refractivity contribution is -0.870. The predicted octanol–water partition coefficient (Wildman–Crippen LogP) is 13.8. The topological polar surface area (TPSA) is 94.1 Å². The van der Waals surface area contributed by atoms with E-state index in [9.17, 15) is 14.3 Å². The molecule has 8 nitrogen and oxygen atoms in total. The summed E-state index contributed by atoms with van der Waals surface area (Å²) in [7, 11) is 1.28. The first-order valence-corrected chi connectivity index (χ1v) is 25.1. The minimum absolute atomic E-state index is 0.00304. The maximum Gasteiger partial charge on any atom is 0.310 e. The Kier molecular flexibility index (Phi) is 41.8. The summed E-state index contributed by atoms with van der Waals surface area (Å²) in [6, 6.07) is 0. The van der Waals surface area contributed by atoms with Gasteiger partial charge in [-0.15, -0.1) is 0 Å². The minimum atomic E-state index is -4.56. The van der Waals surface area contributed by atoms with E-state index < -0.39 is 19.9 Å². The normalized spacial score (nSPS) is 14.7. The van der Waals surface area contributed by atoms with Crippen LogP contribution < -0.4 is 4.89 Å². The fourth-order valence-corrected chi connectivity index (χ4v) is 6.52. The quantitative estimate of drug-likeness (QED) is 0.0198. The average Bonchev–Trinajstić information content (AvgIpc) is 3.22. The zero-order valence-electron chi connectivity index (χ0n) is 39.3. The molecule has 0 saturated heterocycles. The fraction of sp³-hybridized carbons (Fsp3) is 0.635. The van der Waals surface area contributed by atoms with Gasteiger partial charge < -0.3 is 27.9 Å². The molecule has 0 aliphatic carbocycles. The van der Waals surface area contributed by atoms with Crippen LogP contribution in [0.1, 0.15) is 155 Å². The van der Waals surface area contributed by atoms with Crippen molar-refractivity contribution in [3.05, 3.63) is 109 Å². The van der Waals surface area contributed by atoms with E-state index in [4.69, 9.17) is 18.5 Å². The largest absolute Gasteiger partial charge is 0.756 e. The Morgan fingerprint density at radius 2 is 0.902 bits per heavy atom. The maximum absolute atomic E-state index is 12.6. The van der Waals surface area contributed by atoms with Crippen molar-refractivity contribution in [2.45, 2.75) is 161 Å². The Labute approximate surface area is 374 Å². The molecule has 0 saturated carbocycles. The second-order valence-electron chi connectivity index (χ2n) is 16.4. The summed E-state index contributed by atoms with van der Waals surface area (Å²) in [5, 5.41) is 0. The van der Waals surface area contributed by atoms with Gasteiger partial charge in [-0.05, 0) is 77.0 Å². The van der Waals surface area contributed by atoms with E-state index in [1.165, 1.54) is 57.8 Å². The van der Waals surface area contributed by atoms with Crippen molar-refractivity contribution >= 4 is 13.8 Å². The van der Waals surface area contributed by atoms with Crippen molar-refractivity contribution in [2.75, 3.05) is 54.1 Å². The number of likely N-dealkylation sites (N-methyl/N-ethyl adjacent to an activating group) is 1. The zero-order valence-corrected chi connectivity index (χ0v) is 40.2. The van der Waals surface area contributed by atoms with Crippen LogP contribution in [0, 0.1) is 0 Å². The van der Waals surface area contributed by atoms with Crippen molar-refractivity contribution in [1.29, 1.82) is 0 Å². The Balaban J connectivity index is 4.26. The minimum Gasteiger partial charge on any atom is -0.756 e. The number of unbranched alkanes of at least 4 members (excludes halogenated alkanes) is 11. The molecule has 0 rings (SSSR count). The van der Waals surface area contributed by atoms with E-state index in [-0.39, 0.29) is 26.2 Å². The standard InChI is InChI=1S/C52H88NO7P/c1-6-8-10-12-14-16-18-20-22-23-24-25-26-27-28-29-30-32-34-36-38-40-42-44-47-57-49-51(50-59-61(55,56)58-48-46-53(3,4)5)60-52(54)45-43-41-39-37-35-33-31-21-19-17-15-13-11-9-7-2/h8-11,14-17,20-22,24-25,31,35,37,41,43,51H,6-7,12-13,18-19,23,26-30,32-34,36,38-40,42,44-50H2,1-5H3/b10-8-,11-9-,16-14-,17-15-,22-20-,25-24-,31-21-,37-35-,43-41-. The maximum atomic E-state index is 12.6. The average molecular weight is 870 g/mol. The zero-order chi connectivity index (χ0) is 44.8. The first-order chi connectivity index (χ1) is 29.6. The molecule has 0 aromatic rings. The third-order valence-corrected chi connectivity index (χ3v) is 10.3. The van der Waals surface area contributed by atoms with Crippen LogP contribution in [0.15, 0.2) is 109 Å². The number of rotatable bonds is 42. The molecule has 9 heteroatoms. The monoisotopic (exact) mass is 870 g/mol. The summed E-state index contributed by atoms with van der Waals surface area (Å²) >= 11 is 0. The van der Waals surface area contributed by atoms with Crippen LogP contribution in [-0.2, 0) is 27.9 Å². The Morgan fingerprint density at radius 1 is 0.508 bits per heavy atom. The molecule has 0 heterocycles. The summed E-state index contributed by atoms with van der Waals surface area (Å²) in [5.41, 5.74) is 0. The molecule has 61 heavy (non-hydrogen) atoms. The molecule has 0 fully saturated rings. The molecule has 0 aliphatic rings. The van der Waals surface area contributed by atoms with Gasteiger partial charge in [0.15, 0.2) is 0 Å². The van der Waals surface area contributed by atoms with E-state index in [1.54, 1.807) is 6.08 Å². The number of allylic oxidation sites excluding steroid dienone is 17. The van der Waals surface area contributed by atoms with Crippen molar-refractivity contribution < 1.29 is 37.3 Å². The SMILES string of the molecule is CC/C=C\C/C=C\C/C=C\C/C=C\C/C=C\CC(=O)OC(COCCCCCCCCCCCCC/C=C\C/C=C\C/C=C\C/C=C\CC)COP(=O)([O-])OCC[N+](C)(C)C. The molecule has 0 aromatic heterocycles. The number of quaternary nitrogens is 1. The molecule has 348 valence electrons. The number of carbonyl (C=O) groups is 1. The van der Waals surface area contributed by atoms with Crippen molar-refractivity contribution in [1.82, 2.24) is 0 Å². The van der Waals surface area contributed by atoms with E-state index in [1.807, 2.05) is 27.2 Å². The van der Waals surface area contributed by atoms with Gasteiger partial charge in [0, 0.05) is 6.61 Å². The van der Waals surface area contributed by atoms with E-state index >= 15 is 0 Å². The summed E-state index contributed by atoms with van der Waals surface area (Å²) in [6.45, 7) is 5.01. The fourth-order valence-electron chi connectivity index (χ4n) is 5.79. The smallest absolute Gasteiger partial charge is 0.310 e. The lowest BCUT2D eigenvalue weighted by Crippen LogP contribution is -2.37. The van der Waals surface area contributed by atoms with Crippen LogP contribution in [-0.4, -0.2) is 70.7 Å². The molecule has 0 spiro atoms. The number of phosphoric acid groups is 1. The van der Waals surface area contributed by atoms with Crippen molar-refractivity contribution in [2.24, 2.45) is 0 Å². The summed E-state index contributed by atoms with van der Waals surface area (Å²) in [4.78, 5) is 25.0. The number of phosphoric ester groups is 1. The van der Waals surface area contributed by atoms with Crippen LogP contribution in [0.3, 0.4) is 0 Å². The van der Waals surface area contributed by atoms with Crippen LogP contribution in [0.4, 0.5) is 0 Å². The first kappa shape index (κ1) is 58.2. The highest BCUT2D eigenvalue weighted by atomic mass is 31.2. The van der Waals surface area contributed by atoms with Gasteiger partial charge in [0.1, 0.15) is 19.3 Å². The molecule has 0 aromatic carbocycles. The van der Waals surface area contributed by atoms with Crippen molar-refractivity contribution in [3.8, 4) is 0 Å². The predicted molar refractivity (Wildman–Crippen MR) is 258 cm³/mol. The van der Waals surface area contributed by atoms with Crippen LogP contribution in [0.5, 0.6) is 0 Å². The van der Waals surface area contributed by atoms with Gasteiger partial charge >= 0.3 is 5.97 Å². The molecule has 0 bridgehead atoms. The Morgan fingerprint density at radius 3 is 1.34 bits per heavy atom. The highest BCUT2D eigenvalue weighted by molar-refractivity contribution is 7.45. The Hall–Kier alpha value is -2.84. The van der Waals surface area contributed by atoms with Gasteiger partial charge in [0.2, 0.25) is 0 Å². The summed E-state index contributed by atoms with van der Waals surface area (Å²) in [5.74, 6) is -0.466. The van der Waals surface area contributed by atoms with Crippen LogP contribution in [0.2, 0.25) is 0 Å². The van der Waals surface area contributed by atoms with E-state index in [0.717, 1.165) is 70.6 Å². The van der Waals surface area contributed by atoms with Crippen molar-refractivity contribution in [3.63, 3.8) is 0 Å². The highest BCUT2D eigenvalue weighted by Crippen LogP contribution is 2.38. The third-order valence-electron chi connectivity index (χ3n) is 9.35. The van der Waals surface area contributed by atoms with Gasteiger partial charge in [-0.25, -0.2) is 0 Å². The van der Waals surface area contributed by atoms with E-state index in [0.29, 0.717) is 24.1 Å². The lowest BCUT2D eigenvalue weighted by atomic mass is 10.1.